The fourth-order valence-corrected chi connectivity index (χ4v) is 3.61. The lowest BCUT2D eigenvalue weighted by Gasteiger charge is -2.22. The van der Waals surface area contributed by atoms with E-state index in [0.717, 1.165) is 30.7 Å². The van der Waals surface area contributed by atoms with Gasteiger partial charge in [0.15, 0.2) is 5.96 Å². The first-order valence-electron chi connectivity index (χ1n) is 9.43. The van der Waals surface area contributed by atoms with Gasteiger partial charge in [-0.15, -0.1) is 0 Å². The molecule has 2 rings (SSSR count). The predicted molar refractivity (Wildman–Crippen MR) is 104 cm³/mol. The van der Waals surface area contributed by atoms with Crippen LogP contribution >= 0.6 is 0 Å². The third-order valence-corrected chi connectivity index (χ3v) is 5.61. The molecule has 0 aromatic carbocycles. The van der Waals surface area contributed by atoms with Gasteiger partial charge >= 0.3 is 0 Å². The number of hydrogen-bond acceptors (Lipinski definition) is 6. The molecule has 0 saturated carbocycles. The number of ether oxygens (including phenoxy) is 1. The molecule has 0 bridgehead atoms. The predicted octanol–water partition coefficient (Wildman–Crippen LogP) is 0.835. The van der Waals surface area contributed by atoms with Gasteiger partial charge in [0.05, 0.1) is 17.6 Å². The van der Waals surface area contributed by atoms with E-state index in [1.54, 1.807) is 0 Å². The Morgan fingerprint density at radius 3 is 2.74 bits per heavy atom. The Morgan fingerprint density at radius 2 is 2.11 bits per heavy atom. The molecule has 0 amide bonds. The van der Waals surface area contributed by atoms with E-state index in [2.05, 4.69) is 25.3 Å². The van der Waals surface area contributed by atoms with Crippen LogP contribution in [0.1, 0.15) is 43.5 Å². The smallest absolute Gasteiger partial charge is 0.216 e. The lowest BCUT2D eigenvalue weighted by molar-refractivity contribution is 0.0200. The number of guanidine groups is 1. The summed E-state index contributed by atoms with van der Waals surface area (Å²) >= 11 is 0. The molecule has 1 unspecified atom stereocenters. The molecule has 0 radical (unpaired) electrons. The normalized spacial score (nSPS) is 18.5. The molecular formula is C17H31N5O4S. The Hall–Kier alpha value is -1.65. The van der Waals surface area contributed by atoms with Gasteiger partial charge in [-0.2, -0.15) is 0 Å². The highest BCUT2D eigenvalue weighted by Gasteiger charge is 2.17. The number of nitrogens with one attached hydrogen (secondary N) is 3. The van der Waals surface area contributed by atoms with Crippen LogP contribution in [0.5, 0.6) is 0 Å². The molecule has 3 N–H and O–H groups in total. The highest BCUT2D eigenvalue weighted by Crippen LogP contribution is 2.12. The molecule has 0 aliphatic carbocycles. The number of sulfonamides is 1. The van der Waals surface area contributed by atoms with Crippen LogP contribution in [-0.2, 0) is 21.3 Å². The van der Waals surface area contributed by atoms with Crippen LogP contribution in [0, 0.1) is 13.8 Å². The van der Waals surface area contributed by atoms with Crippen LogP contribution in [-0.4, -0.2) is 57.5 Å². The molecule has 1 atom stereocenters. The average molecular weight is 402 g/mol. The first-order valence-corrected chi connectivity index (χ1v) is 11.1. The van der Waals surface area contributed by atoms with Gasteiger partial charge in [-0.05, 0) is 40.0 Å². The van der Waals surface area contributed by atoms with Crippen molar-refractivity contribution in [2.45, 2.75) is 52.7 Å². The molecular weight excluding hydrogens is 370 g/mol. The van der Waals surface area contributed by atoms with Crippen molar-refractivity contribution >= 4 is 16.0 Å². The van der Waals surface area contributed by atoms with Gasteiger partial charge in [0, 0.05) is 26.2 Å². The third kappa shape index (κ3) is 7.86. The Kier molecular flexibility index (Phi) is 8.52. The van der Waals surface area contributed by atoms with Gasteiger partial charge in [-0.1, -0.05) is 0 Å². The van der Waals surface area contributed by atoms with E-state index in [1.165, 1.54) is 0 Å². The van der Waals surface area contributed by atoms with E-state index in [-0.39, 0.29) is 24.9 Å². The number of rotatable bonds is 9. The Balaban J connectivity index is 1.77. The molecule has 1 aliphatic heterocycles. The molecule has 1 aromatic rings. The average Bonchev–Trinajstić information content (AvgIpc) is 2.97. The maximum atomic E-state index is 12.1. The fourth-order valence-electron chi connectivity index (χ4n) is 2.66. The van der Waals surface area contributed by atoms with E-state index >= 15 is 0 Å². The largest absolute Gasteiger partial charge is 0.444 e. The summed E-state index contributed by atoms with van der Waals surface area (Å²) in [5.74, 6) is 1.79. The standard InChI is InChI=1S/C17H31N5O4S/c1-4-18-17(20-12-16-22-13(2)14(3)26-16)19-8-10-27(23,24)21-11-15-7-5-6-9-25-15/h15,21H,4-12H2,1-3H3,(H2,18,19,20). The minimum Gasteiger partial charge on any atom is -0.444 e. The SMILES string of the molecule is CCNC(=NCc1nc(C)c(C)o1)NCCS(=O)(=O)NCC1CCCCO1. The maximum Gasteiger partial charge on any atom is 0.216 e. The molecule has 1 aromatic heterocycles. The van der Waals surface area contributed by atoms with Crippen LogP contribution in [0.15, 0.2) is 9.41 Å². The van der Waals surface area contributed by atoms with Crippen LogP contribution in [0.4, 0.5) is 0 Å². The van der Waals surface area contributed by atoms with E-state index < -0.39 is 10.0 Å². The van der Waals surface area contributed by atoms with E-state index in [1.807, 2.05) is 20.8 Å². The second-order valence-electron chi connectivity index (χ2n) is 6.53. The number of aryl methyl sites for hydroxylation is 2. The number of oxazole rings is 1. The Morgan fingerprint density at radius 1 is 1.30 bits per heavy atom. The molecule has 1 saturated heterocycles. The van der Waals surface area contributed by atoms with Gasteiger partial charge < -0.3 is 19.8 Å². The maximum absolute atomic E-state index is 12.1. The zero-order chi connectivity index (χ0) is 19.7. The zero-order valence-electron chi connectivity index (χ0n) is 16.4. The van der Waals surface area contributed by atoms with Crippen molar-refractivity contribution < 1.29 is 17.6 Å². The van der Waals surface area contributed by atoms with Crippen molar-refractivity contribution in [3.8, 4) is 0 Å². The van der Waals surface area contributed by atoms with Crippen molar-refractivity contribution in [3.63, 3.8) is 0 Å². The molecule has 27 heavy (non-hydrogen) atoms. The van der Waals surface area contributed by atoms with Gasteiger partial charge in [0.2, 0.25) is 15.9 Å². The molecule has 10 heteroatoms. The third-order valence-electron chi connectivity index (χ3n) is 4.26. The first-order chi connectivity index (χ1) is 12.9. The molecule has 2 heterocycles. The number of nitrogens with zero attached hydrogens (tertiary/aromatic N) is 2. The highest BCUT2D eigenvalue weighted by molar-refractivity contribution is 7.89. The van der Waals surface area contributed by atoms with Crippen LogP contribution in [0.2, 0.25) is 0 Å². The van der Waals surface area contributed by atoms with Crippen molar-refractivity contribution in [1.82, 2.24) is 20.3 Å². The minimum absolute atomic E-state index is 0.0203. The number of aliphatic imine (C=N–C) groups is 1. The van der Waals surface area contributed by atoms with Crippen molar-refractivity contribution in [3.05, 3.63) is 17.3 Å². The second-order valence-corrected chi connectivity index (χ2v) is 8.45. The molecule has 154 valence electrons. The van der Waals surface area contributed by atoms with E-state index in [9.17, 15) is 8.42 Å². The summed E-state index contributed by atoms with van der Waals surface area (Å²) in [4.78, 5) is 8.66. The second kappa shape index (κ2) is 10.6. The Bertz CT molecular complexity index is 691. The summed E-state index contributed by atoms with van der Waals surface area (Å²) < 4.78 is 37.9. The van der Waals surface area contributed by atoms with E-state index in [4.69, 9.17) is 9.15 Å². The zero-order valence-corrected chi connectivity index (χ0v) is 17.2. The van der Waals surface area contributed by atoms with E-state index in [0.29, 0.717) is 31.5 Å². The van der Waals surface area contributed by atoms with Gasteiger partial charge in [-0.3, -0.25) is 0 Å². The summed E-state index contributed by atoms with van der Waals surface area (Å²) in [5, 5.41) is 6.10. The highest BCUT2D eigenvalue weighted by atomic mass is 32.2. The van der Waals surface area contributed by atoms with Crippen LogP contribution < -0.4 is 15.4 Å². The quantitative estimate of drug-likeness (QED) is 0.414. The fraction of sp³-hybridized carbons (Fsp3) is 0.765. The monoisotopic (exact) mass is 401 g/mol. The lowest BCUT2D eigenvalue weighted by Crippen LogP contribution is -2.42. The van der Waals surface area contributed by atoms with Gasteiger partial charge in [-0.25, -0.2) is 23.1 Å². The topological polar surface area (TPSA) is 118 Å². The van der Waals surface area contributed by atoms with Gasteiger partial charge in [0.1, 0.15) is 12.3 Å². The summed E-state index contributed by atoms with van der Waals surface area (Å²) in [6, 6.07) is 0. The molecule has 1 fully saturated rings. The first kappa shape index (κ1) is 21.6. The van der Waals surface area contributed by atoms with Crippen molar-refractivity contribution in [2.24, 2.45) is 4.99 Å². The summed E-state index contributed by atoms with van der Waals surface area (Å²) in [6.07, 6.45) is 3.01. The molecule has 0 spiro atoms. The summed E-state index contributed by atoms with van der Waals surface area (Å²) in [7, 11) is -3.37. The minimum atomic E-state index is -3.37. The van der Waals surface area contributed by atoms with Crippen molar-refractivity contribution in [1.29, 1.82) is 0 Å². The van der Waals surface area contributed by atoms with Crippen molar-refractivity contribution in [2.75, 3.05) is 32.0 Å². The lowest BCUT2D eigenvalue weighted by atomic mass is 10.1. The molecule has 9 nitrogen and oxygen atoms in total. The Labute approximate surface area is 161 Å². The van der Waals surface area contributed by atoms with Crippen LogP contribution in [0.3, 0.4) is 0 Å². The summed E-state index contributed by atoms with van der Waals surface area (Å²) in [6.45, 7) is 7.92. The molecule has 1 aliphatic rings. The summed E-state index contributed by atoms with van der Waals surface area (Å²) in [5.41, 5.74) is 0.845. The number of aromatic nitrogens is 1. The van der Waals surface area contributed by atoms with Crippen LogP contribution in [0.25, 0.3) is 0 Å². The number of hydrogen-bond donors (Lipinski definition) is 3. The van der Waals surface area contributed by atoms with Gasteiger partial charge in [0.25, 0.3) is 0 Å².